The molecule has 1 saturated heterocycles. The summed E-state index contributed by atoms with van der Waals surface area (Å²) in [5.41, 5.74) is 2.17. The molecule has 1 heterocycles. The standard InChI is InChI=1S/C24H34N2O6.ClH/c1-27-19-13-23(31-5)21(29-3)11-17(19)15-25-7-9-26(10-8-25)16-18-12-22(30-4)24(32-6)14-20(18)28-2;/h11-14H,7-10,15-16H2,1-6H3;1H. The van der Waals surface area contributed by atoms with E-state index in [1.807, 2.05) is 24.3 Å². The number of piperazine rings is 1. The molecule has 0 atom stereocenters. The summed E-state index contributed by atoms with van der Waals surface area (Å²) in [5.74, 6) is 4.37. The maximum Gasteiger partial charge on any atom is 0.164 e. The third-order valence-electron chi connectivity index (χ3n) is 5.83. The molecule has 0 unspecified atom stereocenters. The molecule has 1 aliphatic rings. The Hall–Kier alpha value is -2.55. The molecule has 184 valence electrons. The number of benzene rings is 2. The fraction of sp³-hybridized carbons (Fsp3) is 0.500. The van der Waals surface area contributed by atoms with Crippen molar-refractivity contribution in [2.45, 2.75) is 13.1 Å². The number of ether oxygens (including phenoxy) is 6. The average molecular weight is 483 g/mol. The molecule has 0 aliphatic carbocycles. The second-order valence-corrected chi connectivity index (χ2v) is 7.59. The van der Waals surface area contributed by atoms with Crippen LogP contribution in [-0.2, 0) is 13.1 Å². The largest absolute Gasteiger partial charge is 0.496 e. The van der Waals surface area contributed by atoms with E-state index < -0.39 is 0 Å². The summed E-state index contributed by atoms with van der Waals surface area (Å²) < 4.78 is 32.9. The van der Waals surface area contributed by atoms with Crippen molar-refractivity contribution in [3.63, 3.8) is 0 Å². The number of nitrogens with zero attached hydrogens (tertiary/aromatic N) is 2. The summed E-state index contributed by atoms with van der Waals surface area (Å²) in [7, 11) is 9.91. The third-order valence-corrected chi connectivity index (χ3v) is 5.83. The van der Waals surface area contributed by atoms with Crippen LogP contribution in [0.3, 0.4) is 0 Å². The van der Waals surface area contributed by atoms with Gasteiger partial charge in [-0.2, -0.15) is 0 Å². The van der Waals surface area contributed by atoms with E-state index in [2.05, 4.69) is 9.80 Å². The van der Waals surface area contributed by atoms with Gasteiger partial charge in [-0.25, -0.2) is 0 Å². The molecule has 0 spiro atoms. The molecule has 0 saturated carbocycles. The number of hydrogen-bond acceptors (Lipinski definition) is 8. The Bertz CT molecular complexity index is 830. The van der Waals surface area contributed by atoms with Crippen LogP contribution < -0.4 is 28.4 Å². The Kier molecular flexibility index (Phi) is 10.2. The molecule has 9 heteroatoms. The van der Waals surface area contributed by atoms with Crippen molar-refractivity contribution in [3.05, 3.63) is 35.4 Å². The van der Waals surface area contributed by atoms with Gasteiger partial charge >= 0.3 is 0 Å². The smallest absolute Gasteiger partial charge is 0.164 e. The van der Waals surface area contributed by atoms with E-state index in [4.69, 9.17) is 28.4 Å². The first-order chi connectivity index (χ1) is 15.6. The lowest BCUT2D eigenvalue weighted by atomic mass is 10.1. The van der Waals surface area contributed by atoms with Crippen LogP contribution in [0, 0.1) is 0 Å². The highest BCUT2D eigenvalue weighted by Crippen LogP contribution is 2.36. The van der Waals surface area contributed by atoms with Crippen LogP contribution in [0.15, 0.2) is 24.3 Å². The van der Waals surface area contributed by atoms with E-state index in [-0.39, 0.29) is 12.4 Å². The first kappa shape index (κ1) is 26.7. The molecular weight excluding hydrogens is 448 g/mol. The molecule has 0 bridgehead atoms. The van der Waals surface area contributed by atoms with E-state index in [0.717, 1.165) is 61.9 Å². The van der Waals surface area contributed by atoms with E-state index in [9.17, 15) is 0 Å². The monoisotopic (exact) mass is 482 g/mol. The van der Waals surface area contributed by atoms with E-state index in [1.165, 1.54) is 0 Å². The Balaban J connectivity index is 0.00000385. The Labute approximate surface area is 202 Å². The van der Waals surface area contributed by atoms with Crippen LogP contribution in [0.2, 0.25) is 0 Å². The van der Waals surface area contributed by atoms with Crippen molar-refractivity contribution >= 4 is 12.4 Å². The second-order valence-electron chi connectivity index (χ2n) is 7.59. The third kappa shape index (κ3) is 6.28. The summed E-state index contributed by atoms with van der Waals surface area (Å²) in [5, 5.41) is 0. The minimum absolute atomic E-state index is 0. The van der Waals surface area contributed by atoms with Crippen molar-refractivity contribution < 1.29 is 28.4 Å². The lowest BCUT2D eigenvalue weighted by molar-refractivity contribution is 0.120. The fourth-order valence-corrected chi connectivity index (χ4v) is 4.02. The Morgan fingerprint density at radius 1 is 0.485 bits per heavy atom. The summed E-state index contributed by atoms with van der Waals surface area (Å²) >= 11 is 0. The van der Waals surface area contributed by atoms with Gasteiger partial charge in [-0.3, -0.25) is 9.80 Å². The molecule has 1 aliphatic heterocycles. The van der Waals surface area contributed by atoms with Crippen LogP contribution in [0.4, 0.5) is 0 Å². The lowest BCUT2D eigenvalue weighted by Gasteiger charge is -2.35. The van der Waals surface area contributed by atoms with Crippen molar-refractivity contribution in [2.75, 3.05) is 68.8 Å². The topological polar surface area (TPSA) is 61.9 Å². The van der Waals surface area contributed by atoms with Gasteiger partial charge in [-0.1, -0.05) is 0 Å². The van der Waals surface area contributed by atoms with Crippen LogP contribution in [-0.4, -0.2) is 78.6 Å². The highest BCUT2D eigenvalue weighted by molar-refractivity contribution is 5.85. The summed E-state index contributed by atoms with van der Waals surface area (Å²) in [6, 6.07) is 7.76. The van der Waals surface area contributed by atoms with Gasteiger partial charge in [0.1, 0.15) is 11.5 Å². The first-order valence-corrected chi connectivity index (χ1v) is 10.6. The molecular formula is C24H35ClN2O6. The number of rotatable bonds is 10. The minimum atomic E-state index is 0. The summed E-state index contributed by atoms with van der Waals surface area (Å²) in [6.07, 6.45) is 0. The first-order valence-electron chi connectivity index (χ1n) is 10.6. The fourth-order valence-electron chi connectivity index (χ4n) is 4.02. The van der Waals surface area contributed by atoms with E-state index in [1.54, 1.807) is 42.7 Å². The highest BCUT2D eigenvalue weighted by Gasteiger charge is 2.22. The Morgan fingerprint density at radius 3 is 1.03 bits per heavy atom. The summed E-state index contributed by atoms with van der Waals surface area (Å²) in [6.45, 7) is 5.38. The zero-order chi connectivity index (χ0) is 23.1. The molecule has 3 rings (SSSR count). The predicted octanol–water partition coefficient (Wildman–Crippen LogP) is 3.48. The number of methoxy groups -OCH3 is 6. The molecule has 33 heavy (non-hydrogen) atoms. The van der Waals surface area contributed by atoms with Gasteiger partial charge in [0.15, 0.2) is 23.0 Å². The van der Waals surface area contributed by atoms with Crippen molar-refractivity contribution in [1.82, 2.24) is 9.80 Å². The molecule has 2 aromatic carbocycles. The predicted molar refractivity (Wildman–Crippen MR) is 130 cm³/mol. The number of halogens is 1. The van der Waals surface area contributed by atoms with E-state index >= 15 is 0 Å². The average Bonchev–Trinajstić information content (AvgIpc) is 2.84. The Morgan fingerprint density at radius 2 is 0.758 bits per heavy atom. The molecule has 1 fully saturated rings. The van der Waals surface area contributed by atoms with Crippen molar-refractivity contribution in [3.8, 4) is 34.5 Å². The molecule has 0 radical (unpaired) electrons. The van der Waals surface area contributed by atoms with Gasteiger partial charge in [-0.05, 0) is 12.1 Å². The van der Waals surface area contributed by atoms with Gasteiger partial charge in [0, 0.05) is 62.5 Å². The molecule has 0 amide bonds. The molecule has 0 aromatic heterocycles. The van der Waals surface area contributed by atoms with Crippen LogP contribution in [0.1, 0.15) is 11.1 Å². The zero-order valence-electron chi connectivity index (χ0n) is 20.3. The molecule has 2 aromatic rings. The van der Waals surface area contributed by atoms with Crippen LogP contribution in [0.25, 0.3) is 0 Å². The summed E-state index contributed by atoms with van der Waals surface area (Å²) in [4.78, 5) is 4.85. The SMILES string of the molecule is COc1cc(OC)c(OC)cc1CN1CCN(Cc2cc(OC)c(OC)cc2OC)CC1.Cl. The highest BCUT2D eigenvalue weighted by atomic mass is 35.5. The molecule has 8 nitrogen and oxygen atoms in total. The van der Waals surface area contributed by atoms with Crippen molar-refractivity contribution in [2.24, 2.45) is 0 Å². The van der Waals surface area contributed by atoms with Crippen LogP contribution >= 0.6 is 12.4 Å². The molecule has 0 N–H and O–H groups in total. The number of hydrogen-bond donors (Lipinski definition) is 0. The second kappa shape index (κ2) is 12.6. The van der Waals surface area contributed by atoms with Crippen molar-refractivity contribution in [1.29, 1.82) is 0 Å². The van der Waals surface area contributed by atoms with Gasteiger partial charge in [-0.15, -0.1) is 12.4 Å². The van der Waals surface area contributed by atoms with Gasteiger partial charge < -0.3 is 28.4 Å². The maximum absolute atomic E-state index is 5.59. The van der Waals surface area contributed by atoms with E-state index in [0.29, 0.717) is 23.0 Å². The minimum Gasteiger partial charge on any atom is -0.496 e. The quantitative estimate of drug-likeness (QED) is 0.510. The van der Waals surface area contributed by atoms with Crippen LogP contribution in [0.5, 0.6) is 34.5 Å². The van der Waals surface area contributed by atoms with Gasteiger partial charge in [0.25, 0.3) is 0 Å². The lowest BCUT2D eigenvalue weighted by Crippen LogP contribution is -2.45. The normalized spacial score (nSPS) is 14.2. The van der Waals surface area contributed by atoms with Gasteiger partial charge in [0.05, 0.1) is 42.7 Å². The van der Waals surface area contributed by atoms with Gasteiger partial charge in [0.2, 0.25) is 0 Å². The maximum atomic E-state index is 5.59. The zero-order valence-corrected chi connectivity index (χ0v) is 21.1.